The third-order valence-corrected chi connectivity index (χ3v) is 4.67. The highest BCUT2D eigenvalue weighted by Crippen LogP contribution is 2.12. The van der Waals surface area contributed by atoms with Gasteiger partial charge in [-0.1, -0.05) is 31.5 Å². The third-order valence-electron chi connectivity index (χ3n) is 4.67. The predicted molar refractivity (Wildman–Crippen MR) is 122 cm³/mol. The number of aliphatic imine (C=N–C) groups is 1. The lowest BCUT2D eigenvalue weighted by atomic mass is 10.0. The molecule has 1 unspecified atom stereocenters. The molecule has 1 aromatic carbocycles. The Hall–Kier alpha value is -1.06. The molecule has 6 nitrogen and oxygen atoms in total. The quantitative estimate of drug-likeness (QED) is 0.254. The molecule has 27 heavy (non-hydrogen) atoms. The minimum atomic E-state index is 0. The van der Waals surface area contributed by atoms with E-state index in [1.807, 2.05) is 12.1 Å². The second kappa shape index (κ2) is 13.2. The summed E-state index contributed by atoms with van der Waals surface area (Å²) in [5.74, 6) is 2.28. The maximum absolute atomic E-state index is 5.75. The van der Waals surface area contributed by atoms with Crippen LogP contribution < -0.4 is 15.4 Å². The highest BCUT2D eigenvalue weighted by atomic mass is 127. The molecule has 2 rings (SSSR count). The van der Waals surface area contributed by atoms with Gasteiger partial charge in [-0.15, -0.1) is 24.0 Å². The maximum Gasteiger partial charge on any atom is 0.191 e. The predicted octanol–water partition coefficient (Wildman–Crippen LogP) is 2.51. The van der Waals surface area contributed by atoms with Crippen LogP contribution in [0.4, 0.5) is 0 Å². The molecule has 1 aliphatic heterocycles. The fourth-order valence-electron chi connectivity index (χ4n) is 3.09. The Morgan fingerprint density at radius 3 is 2.44 bits per heavy atom. The molecular weight excluding hydrogens is 455 g/mol. The molecule has 1 aromatic rings. The fourth-order valence-corrected chi connectivity index (χ4v) is 3.09. The van der Waals surface area contributed by atoms with Crippen LogP contribution >= 0.6 is 24.0 Å². The van der Waals surface area contributed by atoms with Gasteiger partial charge in [0, 0.05) is 32.7 Å². The van der Waals surface area contributed by atoms with Crippen molar-refractivity contribution in [3.8, 4) is 5.75 Å². The number of nitrogens with one attached hydrogen (secondary N) is 2. The summed E-state index contributed by atoms with van der Waals surface area (Å²) in [5.41, 5.74) is 1.24. The lowest BCUT2D eigenvalue weighted by Gasteiger charge is -2.37. The van der Waals surface area contributed by atoms with Gasteiger partial charge in [0.2, 0.25) is 0 Å². The van der Waals surface area contributed by atoms with Gasteiger partial charge in [0.25, 0.3) is 0 Å². The van der Waals surface area contributed by atoms with Crippen molar-refractivity contribution in [3.05, 3.63) is 29.8 Å². The summed E-state index contributed by atoms with van der Waals surface area (Å²) in [4.78, 5) is 6.83. The molecular formula is C20H35IN4O2. The maximum atomic E-state index is 5.75. The van der Waals surface area contributed by atoms with Gasteiger partial charge in [0.15, 0.2) is 5.96 Å². The number of ether oxygens (including phenoxy) is 2. The van der Waals surface area contributed by atoms with Gasteiger partial charge in [-0.3, -0.25) is 9.89 Å². The number of hydrogen-bond acceptors (Lipinski definition) is 4. The van der Waals surface area contributed by atoms with Crippen LogP contribution in [0.2, 0.25) is 0 Å². The van der Waals surface area contributed by atoms with Crippen molar-refractivity contribution in [2.75, 3.05) is 53.0 Å². The first-order chi connectivity index (χ1) is 12.6. The van der Waals surface area contributed by atoms with Crippen LogP contribution in [0.3, 0.4) is 0 Å². The molecule has 0 spiro atoms. The number of guanidine groups is 1. The van der Waals surface area contributed by atoms with Crippen LogP contribution in [0.15, 0.2) is 29.3 Å². The number of benzene rings is 1. The highest BCUT2D eigenvalue weighted by molar-refractivity contribution is 14.0. The first-order valence-electron chi connectivity index (χ1n) is 9.56. The van der Waals surface area contributed by atoms with E-state index >= 15 is 0 Å². The number of hydrogen-bond donors (Lipinski definition) is 2. The molecule has 0 aromatic heterocycles. The fraction of sp³-hybridized carbons (Fsp3) is 0.650. The van der Waals surface area contributed by atoms with Crippen molar-refractivity contribution >= 4 is 29.9 Å². The summed E-state index contributed by atoms with van der Waals surface area (Å²) in [6.45, 7) is 12.4. The highest BCUT2D eigenvalue weighted by Gasteiger charge is 2.23. The Labute approximate surface area is 181 Å². The van der Waals surface area contributed by atoms with Gasteiger partial charge in [-0.05, 0) is 25.0 Å². The SMILES string of the molecule is CN=C(NCCOc1ccc(C)cc1)NCC(C(C)C)N1CCOCC1.I. The van der Waals surface area contributed by atoms with E-state index in [-0.39, 0.29) is 24.0 Å². The molecule has 1 saturated heterocycles. The minimum Gasteiger partial charge on any atom is -0.492 e. The van der Waals surface area contributed by atoms with Crippen molar-refractivity contribution in [2.24, 2.45) is 10.9 Å². The first-order valence-corrected chi connectivity index (χ1v) is 9.56. The van der Waals surface area contributed by atoms with E-state index in [0.717, 1.165) is 44.6 Å². The molecule has 0 saturated carbocycles. The average molecular weight is 490 g/mol. The van der Waals surface area contributed by atoms with Gasteiger partial charge < -0.3 is 20.1 Å². The van der Waals surface area contributed by atoms with Gasteiger partial charge in [-0.2, -0.15) is 0 Å². The summed E-state index contributed by atoms with van der Waals surface area (Å²) in [6, 6.07) is 8.58. The molecule has 0 amide bonds. The van der Waals surface area contributed by atoms with Crippen LogP contribution in [-0.4, -0.2) is 69.9 Å². The summed E-state index contributed by atoms with van der Waals surface area (Å²) < 4.78 is 11.2. The first kappa shape index (κ1) is 24.0. The Morgan fingerprint density at radius 1 is 1.19 bits per heavy atom. The van der Waals surface area contributed by atoms with Gasteiger partial charge in [0.1, 0.15) is 12.4 Å². The van der Waals surface area contributed by atoms with E-state index < -0.39 is 0 Å². The molecule has 0 radical (unpaired) electrons. The lowest BCUT2D eigenvalue weighted by molar-refractivity contribution is 0.00752. The summed E-state index contributed by atoms with van der Waals surface area (Å²) in [7, 11) is 1.80. The topological polar surface area (TPSA) is 58.1 Å². The van der Waals surface area contributed by atoms with E-state index in [2.05, 4.69) is 53.4 Å². The Balaban J connectivity index is 0.00000364. The third kappa shape index (κ3) is 8.66. The number of rotatable bonds is 8. The largest absolute Gasteiger partial charge is 0.492 e. The Kier molecular flexibility index (Phi) is 11.7. The van der Waals surface area contributed by atoms with Gasteiger partial charge >= 0.3 is 0 Å². The molecule has 0 aliphatic carbocycles. The molecule has 2 N–H and O–H groups in total. The standard InChI is InChI=1S/C20H34N4O2.HI/c1-16(2)19(24-10-13-25-14-11-24)15-23-20(21-4)22-9-12-26-18-7-5-17(3)6-8-18;/h5-8,16,19H,9-15H2,1-4H3,(H2,21,22,23);1H. The molecule has 1 fully saturated rings. The number of morpholine rings is 1. The second-order valence-corrected chi connectivity index (χ2v) is 7.00. The van der Waals surface area contributed by atoms with Crippen LogP contribution in [-0.2, 0) is 4.74 Å². The number of nitrogens with zero attached hydrogens (tertiary/aromatic N) is 2. The van der Waals surface area contributed by atoms with E-state index in [0.29, 0.717) is 25.1 Å². The Bertz CT molecular complexity index is 545. The van der Waals surface area contributed by atoms with E-state index in [4.69, 9.17) is 9.47 Å². The van der Waals surface area contributed by atoms with Crippen molar-refractivity contribution in [3.63, 3.8) is 0 Å². The molecule has 1 heterocycles. The minimum absolute atomic E-state index is 0. The molecule has 154 valence electrons. The lowest BCUT2D eigenvalue weighted by Crippen LogP contribution is -2.52. The zero-order valence-electron chi connectivity index (χ0n) is 17.0. The van der Waals surface area contributed by atoms with Gasteiger partial charge in [0.05, 0.1) is 19.8 Å². The van der Waals surface area contributed by atoms with Gasteiger partial charge in [-0.25, -0.2) is 0 Å². The van der Waals surface area contributed by atoms with Crippen molar-refractivity contribution < 1.29 is 9.47 Å². The van der Waals surface area contributed by atoms with Crippen molar-refractivity contribution in [2.45, 2.75) is 26.8 Å². The van der Waals surface area contributed by atoms with E-state index in [1.165, 1.54) is 5.56 Å². The zero-order valence-corrected chi connectivity index (χ0v) is 19.4. The summed E-state index contributed by atoms with van der Waals surface area (Å²) >= 11 is 0. The van der Waals surface area contributed by atoms with Crippen LogP contribution in [0, 0.1) is 12.8 Å². The average Bonchev–Trinajstić information content (AvgIpc) is 2.65. The van der Waals surface area contributed by atoms with E-state index in [9.17, 15) is 0 Å². The van der Waals surface area contributed by atoms with Crippen LogP contribution in [0.1, 0.15) is 19.4 Å². The zero-order chi connectivity index (χ0) is 18.8. The molecule has 1 aliphatic rings. The Morgan fingerprint density at radius 2 is 1.85 bits per heavy atom. The van der Waals surface area contributed by atoms with Crippen molar-refractivity contribution in [1.29, 1.82) is 0 Å². The second-order valence-electron chi connectivity index (χ2n) is 7.00. The summed E-state index contributed by atoms with van der Waals surface area (Å²) in [5, 5.41) is 6.77. The normalized spacial score (nSPS) is 16.6. The molecule has 0 bridgehead atoms. The van der Waals surface area contributed by atoms with Crippen molar-refractivity contribution in [1.82, 2.24) is 15.5 Å². The smallest absolute Gasteiger partial charge is 0.191 e. The number of halogens is 1. The van der Waals surface area contributed by atoms with Crippen LogP contribution in [0.25, 0.3) is 0 Å². The van der Waals surface area contributed by atoms with E-state index in [1.54, 1.807) is 7.05 Å². The molecule has 7 heteroatoms. The molecule has 1 atom stereocenters. The van der Waals surface area contributed by atoms with Crippen LogP contribution in [0.5, 0.6) is 5.75 Å². The number of aryl methyl sites for hydroxylation is 1. The monoisotopic (exact) mass is 490 g/mol. The summed E-state index contributed by atoms with van der Waals surface area (Å²) in [6.07, 6.45) is 0.